The van der Waals surface area contributed by atoms with Crippen LogP contribution in [0.5, 0.6) is 0 Å². The summed E-state index contributed by atoms with van der Waals surface area (Å²) in [7, 11) is 0. The van der Waals surface area contributed by atoms with Gasteiger partial charge in [-0.25, -0.2) is 4.42 Å². The molecule has 4 heteroatoms. The highest BCUT2D eigenvalue weighted by atomic mass is 35.5. The fourth-order valence-corrected chi connectivity index (χ4v) is 1.24. The zero-order valence-electron chi connectivity index (χ0n) is 5.80. The first kappa shape index (κ1) is 7.82. The summed E-state index contributed by atoms with van der Waals surface area (Å²) >= 11 is 5.59. The Morgan fingerprint density at radius 2 is 2.50 bits per heavy atom. The lowest BCUT2D eigenvalue weighted by Gasteiger charge is -2.26. The SMILES string of the molecule is CC1(CO)CCC(=O)N1Cl. The van der Waals surface area contributed by atoms with E-state index in [1.54, 1.807) is 6.92 Å². The Morgan fingerprint density at radius 1 is 1.90 bits per heavy atom. The first-order valence-corrected chi connectivity index (χ1v) is 3.54. The lowest BCUT2D eigenvalue weighted by Crippen LogP contribution is -2.39. The van der Waals surface area contributed by atoms with Crippen LogP contribution in [-0.2, 0) is 4.79 Å². The molecule has 1 heterocycles. The Morgan fingerprint density at radius 3 is 2.70 bits per heavy atom. The van der Waals surface area contributed by atoms with Crippen LogP contribution in [0.15, 0.2) is 0 Å². The molecule has 1 aliphatic rings. The van der Waals surface area contributed by atoms with E-state index in [1.807, 2.05) is 0 Å². The second-order valence-electron chi connectivity index (χ2n) is 2.83. The van der Waals surface area contributed by atoms with Crippen LogP contribution in [-0.4, -0.2) is 27.6 Å². The molecule has 1 saturated heterocycles. The fraction of sp³-hybridized carbons (Fsp3) is 0.833. The molecule has 0 bridgehead atoms. The highest BCUT2D eigenvalue weighted by Crippen LogP contribution is 2.30. The van der Waals surface area contributed by atoms with Crippen molar-refractivity contribution < 1.29 is 9.90 Å². The van der Waals surface area contributed by atoms with E-state index < -0.39 is 5.54 Å². The molecule has 1 unspecified atom stereocenters. The van der Waals surface area contributed by atoms with E-state index in [0.29, 0.717) is 12.8 Å². The van der Waals surface area contributed by atoms with Gasteiger partial charge in [-0.3, -0.25) is 4.79 Å². The average Bonchev–Trinajstić information content (AvgIpc) is 2.19. The van der Waals surface area contributed by atoms with Crippen molar-refractivity contribution in [3.8, 4) is 0 Å². The maximum Gasteiger partial charge on any atom is 0.237 e. The van der Waals surface area contributed by atoms with Crippen molar-refractivity contribution in [3.05, 3.63) is 0 Å². The molecule has 58 valence electrons. The molecule has 1 fully saturated rings. The highest BCUT2D eigenvalue weighted by Gasteiger charge is 2.40. The minimum atomic E-state index is -0.529. The van der Waals surface area contributed by atoms with Gasteiger partial charge in [0.1, 0.15) is 0 Å². The third-order valence-corrected chi connectivity index (χ3v) is 2.51. The van der Waals surface area contributed by atoms with Crippen LogP contribution >= 0.6 is 11.8 Å². The predicted molar refractivity (Wildman–Crippen MR) is 37.4 cm³/mol. The Kier molecular flexibility index (Phi) is 1.88. The molecular weight excluding hydrogens is 154 g/mol. The summed E-state index contributed by atoms with van der Waals surface area (Å²) in [6.07, 6.45) is 1.09. The van der Waals surface area contributed by atoms with Crippen LogP contribution in [0.1, 0.15) is 19.8 Å². The maximum absolute atomic E-state index is 10.8. The molecule has 0 spiro atoms. The lowest BCUT2D eigenvalue weighted by molar-refractivity contribution is -0.126. The summed E-state index contributed by atoms with van der Waals surface area (Å²) in [5.41, 5.74) is -0.529. The normalized spacial score (nSPS) is 33.5. The lowest BCUT2D eigenvalue weighted by atomic mass is 10.0. The molecule has 0 aromatic heterocycles. The first-order valence-electron chi connectivity index (χ1n) is 3.20. The van der Waals surface area contributed by atoms with Gasteiger partial charge in [0, 0.05) is 18.2 Å². The number of carbonyl (C=O) groups excluding carboxylic acids is 1. The number of rotatable bonds is 1. The Balaban J connectivity index is 2.73. The van der Waals surface area contributed by atoms with Crippen LogP contribution in [0.4, 0.5) is 0 Å². The van der Waals surface area contributed by atoms with Gasteiger partial charge >= 0.3 is 0 Å². The second-order valence-corrected chi connectivity index (χ2v) is 3.17. The minimum Gasteiger partial charge on any atom is -0.394 e. The Hall–Kier alpha value is -0.280. The maximum atomic E-state index is 10.8. The van der Waals surface area contributed by atoms with Gasteiger partial charge in [-0.15, -0.1) is 0 Å². The van der Waals surface area contributed by atoms with Gasteiger partial charge < -0.3 is 5.11 Å². The van der Waals surface area contributed by atoms with E-state index in [2.05, 4.69) is 0 Å². The summed E-state index contributed by atoms with van der Waals surface area (Å²) in [6.45, 7) is 1.70. The molecule has 10 heavy (non-hydrogen) atoms. The third-order valence-electron chi connectivity index (χ3n) is 1.91. The largest absolute Gasteiger partial charge is 0.394 e. The number of hydrogen-bond acceptors (Lipinski definition) is 2. The minimum absolute atomic E-state index is 0.0672. The number of aliphatic hydroxyl groups is 1. The number of carbonyl (C=O) groups is 1. The van der Waals surface area contributed by atoms with Crippen molar-refractivity contribution in [1.82, 2.24) is 4.42 Å². The average molecular weight is 164 g/mol. The van der Waals surface area contributed by atoms with Crippen LogP contribution in [0.3, 0.4) is 0 Å². The van der Waals surface area contributed by atoms with E-state index in [9.17, 15) is 4.79 Å². The van der Waals surface area contributed by atoms with Gasteiger partial charge in [-0.1, -0.05) is 0 Å². The molecule has 1 amide bonds. The van der Waals surface area contributed by atoms with Crippen LogP contribution in [0.25, 0.3) is 0 Å². The van der Waals surface area contributed by atoms with Crippen molar-refractivity contribution in [1.29, 1.82) is 0 Å². The van der Waals surface area contributed by atoms with E-state index in [-0.39, 0.29) is 12.5 Å². The smallest absolute Gasteiger partial charge is 0.237 e. The van der Waals surface area contributed by atoms with E-state index in [1.165, 1.54) is 0 Å². The fourth-order valence-electron chi connectivity index (χ4n) is 1.01. The first-order chi connectivity index (χ1) is 4.60. The number of amides is 1. The number of hydrogen-bond donors (Lipinski definition) is 1. The molecule has 3 nitrogen and oxygen atoms in total. The Labute approximate surface area is 64.7 Å². The van der Waals surface area contributed by atoms with Gasteiger partial charge in [0.2, 0.25) is 5.91 Å². The van der Waals surface area contributed by atoms with E-state index in [4.69, 9.17) is 16.9 Å². The molecule has 0 radical (unpaired) electrons. The molecule has 1 aliphatic heterocycles. The highest BCUT2D eigenvalue weighted by molar-refractivity contribution is 6.22. The van der Waals surface area contributed by atoms with Crippen molar-refractivity contribution >= 4 is 17.7 Å². The summed E-state index contributed by atoms with van der Waals surface area (Å²) in [5.74, 6) is -0.0989. The third kappa shape index (κ3) is 0.995. The molecule has 0 aromatic carbocycles. The van der Waals surface area contributed by atoms with Crippen molar-refractivity contribution in [3.63, 3.8) is 0 Å². The van der Waals surface area contributed by atoms with E-state index >= 15 is 0 Å². The van der Waals surface area contributed by atoms with Gasteiger partial charge in [0.25, 0.3) is 0 Å². The molecule has 1 atom stereocenters. The van der Waals surface area contributed by atoms with Crippen molar-refractivity contribution in [2.45, 2.75) is 25.3 Å². The molecule has 1 rings (SSSR count). The van der Waals surface area contributed by atoms with Crippen LogP contribution in [0, 0.1) is 0 Å². The molecule has 1 N–H and O–H groups in total. The quantitative estimate of drug-likeness (QED) is 0.573. The van der Waals surface area contributed by atoms with Crippen LogP contribution in [0.2, 0.25) is 0 Å². The summed E-state index contributed by atoms with van der Waals surface area (Å²) in [5, 5.41) is 8.84. The number of halogens is 1. The summed E-state index contributed by atoms with van der Waals surface area (Å²) in [6, 6.07) is 0. The predicted octanol–water partition coefficient (Wildman–Crippen LogP) is 0.514. The van der Waals surface area contributed by atoms with Gasteiger partial charge in [0.15, 0.2) is 0 Å². The monoisotopic (exact) mass is 163 g/mol. The van der Waals surface area contributed by atoms with Gasteiger partial charge in [-0.2, -0.15) is 0 Å². The van der Waals surface area contributed by atoms with Crippen molar-refractivity contribution in [2.24, 2.45) is 0 Å². The second kappa shape index (κ2) is 2.40. The zero-order valence-corrected chi connectivity index (χ0v) is 6.56. The van der Waals surface area contributed by atoms with Gasteiger partial charge in [-0.05, 0) is 13.3 Å². The van der Waals surface area contributed by atoms with E-state index in [0.717, 1.165) is 4.42 Å². The molecule has 0 saturated carbocycles. The summed E-state index contributed by atoms with van der Waals surface area (Å²) in [4.78, 5) is 10.8. The topological polar surface area (TPSA) is 40.5 Å². The summed E-state index contributed by atoms with van der Waals surface area (Å²) < 4.78 is 1.10. The number of aliphatic hydroxyl groups excluding tert-OH is 1. The van der Waals surface area contributed by atoms with Crippen molar-refractivity contribution in [2.75, 3.05) is 6.61 Å². The Bertz CT molecular complexity index is 162. The van der Waals surface area contributed by atoms with Gasteiger partial charge in [0.05, 0.1) is 12.1 Å². The molecular formula is C6H10ClNO2. The molecule has 0 aromatic rings. The standard InChI is InChI=1S/C6H10ClNO2/c1-6(4-9)3-2-5(10)8(6)7/h9H,2-4H2,1H3. The van der Waals surface area contributed by atoms with Crippen LogP contribution < -0.4 is 0 Å². The number of nitrogens with zero attached hydrogens (tertiary/aromatic N) is 1. The zero-order chi connectivity index (χ0) is 7.78. The molecule has 0 aliphatic carbocycles.